The van der Waals surface area contributed by atoms with E-state index in [1.54, 1.807) is 84.4 Å². The number of hydrogen-bond donors (Lipinski definition) is 6. The van der Waals surface area contributed by atoms with Gasteiger partial charge in [-0.25, -0.2) is 19.6 Å². The standard InChI is InChI=1S/C65H77N15O11/c1-10-79-50(31-38(3)74-79)58(83)72-61-69-48-33-40(56(66)81)35-52(88-9)54(48)77(61)28-18-19-29-78-55-49(70-62(78)73-59(84)51-32-39(4)75-80(51)11-2)34-41(57(67)82)36-53(55)89-30-20-27-76(8)60(85)47(25-16-17-26-68-63(86)91-65(5,6)7)71-64(87)90-37-46-44-23-14-12-21-42(44)43-22-13-15-24-45(43)46/h12-15,18-19,21-24,31-36,46-47H,10-11,16-17,20,25-30,37H2,1-9H3,(H2,66,81)(H2,67,82)(H,68,86)(H,71,87)(H,69,72,83)(H,70,73,84)/b19-18+. The van der Waals surface area contributed by atoms with Gasteiger partial charge in [-0.05, 0) is 133 Å². The topological polar surface area (TPSA) is 331 Å². The van der Waals surface area contributed by atoms with Gasteiger partial charge in [0, 0.05) is 63.4 Å². The van der Waals surface area contributed by atoms with E-state index in [0.717, 1.165) is 22.3 Å². The van der Waals surface area contributed by atoms with E-state index in [9.17, 15) is 33.6 Å². The van der Waals surface area contributed by atoms with Crippen LogP contribution in [0, 0.1) is 13.8 Å². The van der Waals surface area contributed by atoms with Crippen molar-refractivity contribution in [1.82, 2.24) is 54.2 Å². The number of aryl methyl sites for hydroxylation is 4. The minimum Gasteiger partial charge on any atom is -0.494 e. The van der Waals surface area contributed by atoms with Gasteiger partial charge in [-0.1, -0.05) is 60.7 Å². The lowest BCUT2D eigenvalue weighted by atomic mass is 9.98. The molecule has 7 amide bonds. The predicted octanol–water partition coefficient (Wildman–Crippen LogP) is 8.23. The number of primary amides is 2. The Balaban J connectivity index is 0.955. The number of imidazole rings is 2. The molecule has 9 rings (SSSR count). The second-order valence-corrected chi connectivity index (χ2v) is 23.0. The average Bonchev–Trinajstić information content (AvgIpc) is 1.65. The minimum atomic E-state index is -0.999. The van der Waals surface area contributed by atoms with Crippen molar-refractivity contribution in [2.45, 2.75) is 118 Å². The van der Waals surface area contributed by atoms with E-state index >= 15 is 0 Å². The smallest absolute Gasteiger partial charge is 0.407 e. The highest BCUT2D eigenvalue weighted by molar-refractivity contribution is 6.05. The number of hydrogen-bond acceptors (Lipinski definition) is 15. The van der Waals surface area contributed by atoms with Crippen molar-refractivity contribution < 1.29 is 52.5 Å². The molecule has 4 aromatic carbocycles. The van der Waals surface area contributed by atoms with E-state index in [4.69, 9.17) is 40.4 Å². The summed E-state index contributed by atoms with van der Waals surface area (Å²) in [7, 11) is 3.06. The van der Waals surface area contributed by atoms with Crippen LogP contribution in [0.5, 0.6) is 11.5 Å². The van der Waals surface area contributed by atoms with Crippen LogP contribution in [-0.2, 0) is 40.4 Å². The van der Waals surface area contributed by atoms with Crippen LogP contribution >= 0.6 is 0 Å². The van der Waals surface area contributed by atoms with Gasteiger partial charge in [-0.2, -0.15) is 10.2 Å². The number of methoxy groups -OCH3 is 1. The largest absolute Gasteiger partial charge is 0.494 e. The quantitative estimate of drug-likeness (QED) is 0.0209. The van der Waals surface area contributed by atoms with E-state index in [1.165, 1.54) is 36.3 Å². The second kappa shape index (κ2) is 28.3. The summed E-state index contributed by atoms with van der Waals surface area (Å²) < 4.78 is 30.0. The van der Waals surface area contributed by atoms with Crippen LogP contribution in [0.4, 0.5) is 21.5 Å². The Bertz CT molecular complexity index is 4050. The number of alkyl carbamates (subject to hydrolysis) is 2. The number of unbranched alkanes of at least 4 members (excludes halogenated alkanes) is 1. The van der Waals surface area contributed by atoms with Gasteiger partial charge in [-0.15, -0.1) is 0 Å². The molecule has 26 heteroatoms. The van der Waals surface area contributed by atoms with Crippen LogP contribution in [0.3, 0.4) is 0 Å². The van der Waals surface area contributed by atoms with Crippen LogP contribution in [0.25, 0.3) is 33.2 Å². The summed E-state index contributed by atoms with van der Waals surface area (Å²) in [5, 5.41) is 20.3. The number of allylic oxidation sites excluding steroid dienone is 2. The Kier molecular flexibility index (Phi) is 20.2. The van der Waals surface area contributed by atoms with Gasteiger partial charge in [0.15, 0.2) is 0 Å². The van der Waals surface area contributed by atoms with Crippen LogP contribution in [-0.4, -0.2) is 137 Å². The van der Waals surface area contributed by atoms with Crippen molar-refractivity contribution in [3.8, 4) is 22.6 Å². The third kappa shape index (κ3) is 15.1. The Morgan fingerprint density at radius 3 is 1.71 bits per heavy atom. The molecule has 4 aromatic heterocycles. The summed E-state index contributed by atoms with van der Waals surface area (Å²) in [5.74, 6) is -2.38. The molecule has 26 nitrogen and oxygen atoms in total. The monoisotopic (exact) mass is 1240 g/mol. The van der Waals surface area contributed by atoms with Crippen molar-refractivity contribution in [1.29, 1.82) is 0 Å². The van der Waals surface area contributed by atoms with E-state index in [1.807, 2.05) is 62.4 Å². The number of amides is 7. The number of aromatic nitrogens is 8. The molecule has 8 aromatic rings. The van der Waals surface area contributed by atoms with Gasteiger partial charge in [0.25, 0.3) is 11.8 Å². The summed E-state index contributed by atoms with van der Waals surface area (Å²) in [6, 6.07) is 24.3. The number of anilines is 2. The van der Waals surface area contributed by atoms with Gasteiger partial charge >= 0.3 is 12.2 Å². The third-order valence-electron chi connectivity index (χ3n) is 15.3. The van der Waals surface area contributed by atoms with Gasteiger partial charge in [0.2, 0.25) is 29.6 Å². The van der Waals surface area contributed by atoms with Gasteiger partial charge in [0.05, 0.1) is 36.1 Å². The van der Waals surface area contributed by atoms with Crippen molar-refractivity contribution >= 4 is 75.7 Å². The molecule has 8 N–H and O–H groups in total. The molecular weight excluding hydrogens is 1170 g/mol. The highest BCUT2D eigenvalue weighted by Crippen LogP contribution is 2.44. The highest BCUT2D eigenvalue weighted by atomic mass is 16.6. The number of likely N-dealkylation sites (N-methyl/N-ethyl adjacent to an activating group) is 1. The van der Waals surface area contributed by atoms with Gasteiger partial charge in [0.1, 0.15) is 52.2 Å². The average molecular weight is 1240 g/mol. The Morgan fingerprint density at radius 1 is 0.692 bits per heavy atom. The van der Waals surface area contributed by atoms with Crippen molar-refractivity contribution in [3.05, 3.63) is 142 Å². The Morgan fingerprint density at radius 2 is 1.21 bits per heavy atom. The number of rotatable bonds is 27. The fraction of sp³-hybridized carbons (Fsp3) is 0.369. The SMILES string of the molecule is CCn1nc(C)cc1C(=O)Nc1nc2cc(C(N)=O)cc(OC)c2n1C/C=C/Cn1c(NC(=O)c2cc(C)nn2CC)nc2cc(C(N)=O)cc(OCCCN(C)C(=O)C(CCCCNC(=O)OC(C)(C)C)NC(=O)OCC3c4ccccc4-c4ccccc43)c21. The molecule has 0 spiro atoms. The first-order valence-corrected chi connectivity index (χ1v) is 30.1. The van der Waals surface area contributed by atoms with Crippen molar-refractivity contribution in [2.24, 2.45) is 11.5 Å². The van der Waals surface area contributed by atoms with Crippen molar-refractivity contribution in [3.63, 3.8) is 0 Å². The Labute approximate surface area is 525 Å². The number of nitrogens with two attached hydrogens (primary N) is 2. The molecule has 1 atom stereocenters. The Hall–Kier alpha value is -10.5. The molecule has 0 saturated heterocycles. The van der Waals surface area contributed by atoms with E-state index in [0.29, 0.717) is 59.6 Å². The zero-order chi connectivity index (χ0) is 65.3. The molecule has 1 unspecified atom stereocenters. The third-order valence-corrected chi connectivity index (χ3v) is 15.3. The molecule has 478 valence electrons. The maximum absolute atomic E-state index is 14.4. The van der Waals surface area contributed by atoms with E-state index in [-0.39, 0.29) is 110 Å². The number of carbonyl (C=O) groups is 7. The first-order valence-electron chi connectivity index (χ1n) is 30.1. The number of nitrogens with one attached hydrogen (secondary N) is 4. The van der Waals surface area contributed by atoms with E-state index in [2.05, 4.69) is 31.5 Å². The fourth-order valence-electron chi connectivity index (χ4n) is 11.1. The molecule has 1 aliphatic carbocycles. The summed E-state index contributed by atoms with van der Waals surface area (Å²) in [6.45, 7) is 14.1. The second-order valence-electron chi connectivity index (χ2n) is 23.0. The first kappa shape index (κ1) is 64.9. The lowest BCUT2D eigenvalue weighted by Crippen LogP contribution is -2.48. The molecule has 1 aliphatic rings. The van der Waals surface area contributed by atoms with Crippen LogP contribution in [0.1, 0.15) is 130 Å². The molecule has 0 aliphatic heterocycles. The van der Waals surface area contributed by atoms with Gasteiger partial charge in [-0.3, -0.25) is 44.0 Å². The zero-order valence-electron chi connectivity index (χ0n) is 52.5. The number of fused-ring (bicyclic) bond motifs is 5. The fourth-order valence-corrected chi connectivity index (χ4v) is 11.1. The van der Waals surface area contributed by atoms with Crippen molar-refractivity contribution in [2.75, 3.05) is 51.1 Å². The summed E-state index contributed by atoms with van der Waals surface area (Å²) in [5.41, 5.74) is 18.6. The molecule has 4 heterocycles. The molecule has 0 saturated carbocycles. The summed E-state index contributed by atoms with van der Waals surface area (Å²) >= 11 is 0. The van der Waals surface area contributed by atoms with Gasteiger partial charge < -0.3 is 55.1 Å². The maximum atomic E-state index is 14.4. The molecule has 0 radical (unpaired) electrons. The normalized spacial score (nSPS) is 12.4. The summed E-state index contributed by atoms with van der Waals surface area (Å²) in [6.07, 6.45) is 3.70. The lowest BCUT2D eigenvalue weighted by Gasteiger charge is -2.25. The highest BCUT2D eigenvalue weighted by Gasteiger charge is 2.31. The molecular formula is C65H77N15O11. The molecule has 0 fully saturated rings. The van der Waals surface area contributed by atoms with E-state index < -0.39 is 47.5 Å². The predicted molar refractivity (Wildman–Crippen MR) is 341 cm³/mol. The summed E-state index contributed by atoms with van der Waals surface area (Å²) in [4.78, 5) is 105. The minimum absolute atomic E-state index is 0.00747. The zero-order valence-corrected chi connectivity index (χ0v) is 52.5. The number of benzene rings is 4. The maximum Gasteiger partial charge on any atom is 0.407 e. The van der Waals surface area contributed by atoms with Crippen LogP contribution < -0.4 is 42.2 Å². The van der Waals surface area contributed by atoms with Crippen LogP contribution in [0.15, 0.2) is 97.1 Å². The number of nitrogens with zero attached hydrogens (tertiary/aromatic N) is 9. The molecule has 91 heavy (non-hydrogen) atoms. The number of carbonyl (C=O) groups excluding carboxylic acids is 7. The molecule has 0 bridgehead atoms. The lowest BCUT2D eigenvalue weighted by molar-refractivity contribution is -0.132. The first-order chi connectivity index (χ1) is 43.5. The van der Waals surface area contributed by atoms with Crippen LogP contribution in [0.2, 0.25) is 0 Å². The number of ether oxygens (including phenoxy) is 4.